The highest BCUT2D eigenvalue weighted by atomic mass is 19.1. The van der Waals surface area contributed by atoms with Crippen molar-refractivity contribution in [2.75, 3.05) is 0 Å². The van der Waals surface area contributed by atoms with Crippen molar-refractivity contribution in [2.24, 2.45) is 12.8 Å². The minimum absolute atomic E-state index is 0.302. The summed E-state index contributed by atoms with van der Waals surface area (Å²) in [6, 6.07) is 11.8. The minimum atomic E-state index is -0.521. The molecule has 9 heteroatoms. The summed E-state index contributed by atoms with van der Waals surface area (Å²) in [6.07, 6.45) is 3.50. The predicted octanol–water partition coefficient (Wildman–Crippen LogP) is 3.44. The van der Waals surface area contributed by atoms with Crippen LogP contribution in [0.5, 0.6) is 0 Å². The number of fused-ring (bicyclic) bond motifs is 1. The molecule has 0 radical (unpaired) electrons. The number of rotatable bonds is 4. The van der Waals surface area contributed by atoms with Gasteiger partial charge in [0.1, 0.15) is 23.0 Å². The SMILES string of the molecule is Cc1ccn(-c2cn3nc(-c4c(-c5ccc(F)cc5)nc(C)n4C)ccc3n2)c1C(N)=O. The molecule has 0 saturated heterocycles. The van der Waals surface area contributed by atoms with E-state index in [0.29, 0.717) is 28.5 Å². The normalized spacial score (nSPS) is 11.4. The van der Waals surface area contributed by atoms with Crippen LogP contribution in [0.25, 0.3) is 34.1 Å². The first kappa shape index (κ1) is 19.7. The smallest absolute Gasteiger partial charge is 0.266 e. The average molecular weight is 429 g/mol. The first-order valence-corrected chi connectivity index (χ1v) is 9.97. The number of aryl methyl sites for hydroxylation is 2. The van der Waals surface area contributed by atoms with Gasteiger partial charge >= 0.3 is 0 Å². The van der Waals surface area contributed by atoms with E-state index in [9.17, 15) is 9.18 Å². The molecule has 0 fully saturated rings. The van der Waals surface area contributed by atoms with E-state index in [1.54, 1.807) is 33.6 Å². The molecule has 5 aromatic rings. The lowest BCUT2D eigenvalue weighted by Crippen LogP contribution is -2.17. The van der Waals surface area contributed by atoms with E-state index in [1.165, 1.54) is 12.1 Å². The number of benzene rings is 1. The molecule has 0 aliphatic heterocycles. The van der Waals surface area contributed by atoms with E-state index in [2.05, 4.69) is 9.97 Å². The van der Waals surface area contributed by atoms with E-state index in [4.69, 9.17) is 10.8 Å². The molecule has 0 aliphatic carbocycles. The molecule has 0 spiro atoms. The highest BCUT2D eigenvalue weighted by molar-refractivity contribution is 5.93. The molecule has 0 unspecified atom stereocenters. The van der Waals surface area contributed by atoms with Gasteiger partial charge in [0, 0.05) is 18.8 Å². The minimum Gasteiger partial charge on any atom is -0.364 e. The zero-order chi connectivity index (χ0) is 22.6. The van der Waals surface area contributed by atoms with Crippen LogP contribution in [0, 0.1) is 19.7 Å². The molecule has 8 nitrogen and oxygen atoms in total. The number of primary amides is 1. The first-order valence-electron chi connectivity index (χ1n) is 9.97. The topological polar surface area (TPSA) is 96.0 Å². The third-order valence-corrected chi connectivity index (χ3v) is 5.55. The number of nitrogens with two attached hydrogens (primary N) is 1. The average Bonchev–Trinajstić information content (AvgIpc) is 3.43. The van der Waals surface area contributed by atoms with Gasteiger partial charge in [0.15, 0.2) is 11.5 Å². The third kappa shape index (κ3) is 3.06. The lowest BCUT2D eigenvalue weighted by Gasteiger charge is -2.07. The molecule has 2 N–H and O–H groups in total. The molecule has 1 aromatic carbocycles. The van der Waals surface area contributed by atoms with Crippen LogP contribution >= 0.6 is 0 Å². The molecular formula is C23H20FN7O. The van der Waals surface area contributed by atoms with E-state index in [-0.39, 0.29) is 5.82 Å². The van der Waals surface area contributed by atoms with Gasteiger partial charge in [-0.1, -0.05) is 0 Å². The second-order valence-corrected chi connectivity index (χ2v) is 7.62. The molecule has 1 amide bonds. The summed E-state index contributed by atoms with van der Waals surface area (Å²) in [5.74, 6) is 0.523. The Balaban J connectivity index is 1.65. The van der Waals surface area contributed by atoms with Crippen molar-refractivity contribution in [3.8, 4) is 28.5 Å². The van der Waals surface area contributed by atoms with Crippen molar-refractivity contribution in [1.82, 2.24) is 28.7 Å². The number of amides is 1. The number of halogens is 1. The Hall–Kier alpha value is -4.27. The molecule has 160 valence electrons. The lowest BCUT2D eigenvalue weighted by atomic mass is 10.1. The van der Waals surface area contributed by atoms with Crippen LogP contribution < -0.4 is 5.73 Å². The first-order chi connectivity index (χ1) is 15.3. The van der Waals surface area contributed by atoms with Crippen molar-refractivity contribution in [2.45, 2.75) is 13.8 Å². The number of carbonyl (C=O) groups is 1. The van der Waals surface area contributed by atoms with Gasteiger partial charge in [0.25, 0.3) is 5.91 Å². The highest BCUT2D eigenvalue weighted by Gasteiger charge is 2.19. The lowest BCUT2D eigenvalue weighted by molar-refractivity contribution is 0.0993. The quantitative estimate of drug-likeness (QED) is 0.473. The predicted molar refractivity (Wildman–Crippen MR) is 118 cm³/mol. The fourth-order valence-corrected chi connectivity index (χ4v) is 3.86. The van der Waals surface area contributed by atoms with Crippen molar-refractivity contribution in [3.63, 3.8) is 0 Å². The van der Waals surface area contributed by atoms with Crippen LogP contribution in [0.2, 0.25) is 0 Å². The maximum Gasteiger partial charge on any atom is 0.266 e. The number of hydrogen-bond donors (Lipinski definition) is 1. The van der Waals surface area contributed by atoms with Gasteiger partial charge in [-0.2, -0.15) is 5.10 Å². The van der Waals surface area contributed by atoms with Crippen LogP contribution in [-0.4, -0.2) is 34.6 Å². The van der Waals surface area contributed by atoms with Gasteiger partial charge in [-0.05, 0) is 61.9 Å². The van der Waals surface area contributed by atoms with Crippen molar-refractivity contribution >= 4 is 11.6 Å². The molecule has 4 heterocycles. The molecule has 4 aromatic heterocycles. The van der Waals surface area contributed by atoms with Crippen molar-refractivity contribution < 1.29 is 9.18 Å². The Kier molecular flexibility index (Phi) is 4.40. The molecule has 0 saturated carbocycles. The summed E-state index contributed by atoms with van der Waals surface area (Å²) < 4.78 is 18.7. The Morgan fingerprint density at radius 3 is 2.50 bits per heavy atom. The molecule has 0 atom stereocenters. The number of nitrogens with zero attached hydrogens (tertiary/aromatic N) is 6. The van der Waals surface area contributed by atoms with Gasteiger partial charge in [0.05, 0.1) is 17.6 Å². The Labute approximate surface area is 182 Å². The standard InChI is InChI=1S/C23H20FN7O/c1-13-10-11-30(21(13)23(25)32)19-12-31-18(27-19)9-8-17(28-31)22-20(26-14(2)29(22)3)15-4-6-16(24)7-5-15/h4-12H,1-3H3,(H2,25,32). The van der Waals surface area contributed by atoms with Crippen LogP contribution in [-0.2, 0) is 7.05 Å². The van der Waals surface area contributed by atoms with Crippen LogP contribution in [0.15, 0.2) is 54.9 Å². The highest BCUT2D eigenvalue weighted by Crippen LogP contribution is 2.31. The number of hydrogen-bond acceptors (Lipinski definition) is 4. The number of carbonyl (C=O) groups excluding carboxylic acids is 1. The van der Waals surface area contributed by atoms with Gasteiger partial charge in [-0.25, -0.2) is 18.9 Å². The second-order valence-electron chi connectivity index (χ2n) is 7.62. The van der Waals surface area contributed by atoms with Gasteiger partial charge in [-0.3, -0.25) is 9.36 Å². The summed E-state index contributed by atoms with van der Waals surface area (Å²) in [5, 5.41) is 4.74. The van der Waals surface area contributed by atoms with Crippen LogP contribution in [0.4, 0.5) is 4.39 Å². The second kappa shape index (κ2) is 7.16. The Bertz CT molecular complexity index is 1490. The molecule has 0 bridgehead atoms. The van der Waals surface area contributed by atoms with Crippen LogP contribution in [0.1, 0.15) is 21.9 Å². The molecule has 32 heavy (non-hydrogen) atoms. The molecule has 0 aliphatic rings. The monoisotopic (exact) mass is 429 g/mol. The zero-order valence-corrected chi connectivity index (χ0v) is 17.7. The summed E-state index contributed by atoms with van der Waals surface area (Å²) in [6.45, 7) is 3.73. The summed E-state index contributed by atoms with van der Waals surface area (Å²) in [5.41, 5.74) is 10.3. The number of imidazole rings is 2. The van der Waals surface area contributed by atoms with Gasteiger partial charge < -0.3 is 10.3 Å². The fraction of sp³-hybridized carbons (Fsp3) is 0.130. The fourth-order valence-electron chi connectivity index (χ4n) is 3.86. The maximum atomic E-state index is 13.4. The largest absolute Gasteiger partial charge is 0.364 e. The molecule has 5 rings (SSSR count). The molecular weight excluding hydrogens is 409 g/mol. The van der Waals surface area contributed by atoms with E-state index < -0.39 is 5.91 Å². The summed E-state index contributed by atoms with van der Waals surface area (Å²) >= 11 is 0. The van der Waals surface area contributed by atoms with Gasteiger partial charge in [0.2, 0.25) is 0 Å². The Morgan fingerprint density at radius 2 is 1.78 bits per heavy atom. The van der Waals surface area contributed by atoms with Crippen molar-refractivity contribution in [1.29, 1.82) is 0 Å². The zero-order valence-electron chi connectivity index (χ0n) is 17.7. The summed E-state index contributed by atoms with van der Waals surface area (Å²) in [4.78, 5) is 21.1. The Morgan fingerprint density at radius 1 is 1.03 bits per heavy atom. The van der Waals surface area contributed by atoms with E-state index >= 15 is 0 Å². The van der Waals surface area contributed by atoms with E-state index in [1.807, 2.05) is 43.7 Å². The third-order valence-electron chi connectivity index (χ3n) is 5.55. The van der Waals surface area contributed by atoms with E-state index in [0.717, 1.165) is 22.6 Å². The number of aromatic nitrogens is 6. The van der Waals surface area contributed by atoms with Gasteiger partial charge in [-0.15, -0.1) is 0 Å². The van der Waals surface area contributed by atoms with Crippen LogP contribution in [0.3, 0.4) is 0 Å². The maximum absolute atomic E-state index is 13.4. The van der Waals surface area contributed by atoms with Crippen molar-refractivity contribution in [3.05, 3.63) is 77.8 Å². The summed E-state index contributed by atoms with van der Waals surface area (Å²) in [7, 11) is 1.91.